The Morgan fingerprint density at radius 2 is 1.69 bits per heavy atom. The number of aromatic nitrogens is 2. The number of para-hydroxylation sites is 1. The van der Waals surface area contributed by atoms with Crippen LogP contribution in [0.3, 0.4) is 0 Å². The van der Waals surface area contributed by atoms with Crippen molar-refractivity contribution in [3.05, 3.63) is 95.6 Å². The van der Waals surface area contributed by atoms with Crippen molar-refractivity contribution >= 4 is 29.4 Å². The van der Waals surface area contributed by atoms with E-state index in [-0.39, 0.29) is 18.4 Å². The summed E-state index contributed by atoms with van der Waals surface area (Å²) in [7, 11) is 1.61. The number of amides is 2. The van der Waals surface area contributed by atoms with Gasteiger partial charge in [-0.25, -0.2) is 4.98 Å². The normalized spacial score (nSPS) is 10.6. The van der Waals surface area contributed by atoms with E-state index in [9.17, 15) is 9.59 Å². The predicted molar refractivity (Wildman–Crippen MR) is 137 cm³/mol. The Balaban J connectivity index is 1.59. The molecular formula is C27H25ClN4O3. The van der Waals surface area contributed by atoms with E-state index in [0.717, 1.165) is 17.0 Å². The number of methoxy groups -OCH3 is 1. The summed E-state index contributed by atoms with van der Waals surface area (Å²) in [6, 6.07) is 23.9. The fourth-order valence-electron chi connectivity index (χ4n) is 3.62. The van der Waals surface area contributed by atoms with E-state index in [1.165, 1.54) is 4.90 Å². The number of nitrogens with zero attached hydrogens (tertiary/aromatic N) is 3. The van der Waals surface area contributed by atoms with Gasteiger partial charge in [0, 0.05) is 24.0 Å². The van der Waals surface area contributed by atoms with Gasteiger partial charge in [0.15, 0.2) is 0 Å². The Labute approximate surface area is 208 Å². The third kappa shape index (κ3) is 5.53. The highest BCUT2D eigenvalue weighted by Gasteiger charge is 2.21. The fraction of sp³-hybridized carbons (Fsp3) is 0.148. The van der Waals surface area contributed by atoms with Crippen LogP contribution in [0.1, 0.15) is 17.3 Å². The summed E-state index contributed by atoms with van der Waals surface area (Å²) in [5.74, 6) is 0.427. The number of benzene rings is 3. The molecule has 4 rings (SSSR count). The maximum Gasteiger partial charge on any atom is 0.255 e. The average molecular weight is 489 g/mol. The largest absolute Gasteiger partial charge is 0.497 e. The lowest BCUT2D eigenvalue weighted by atomic mass is 10.1. The average Bonchev–Trinajstić information content (AvgIpc) is 3.31. The van der Waals surface area contributed by atoms with Gasteiger partial charge in [0.05, 0.1) is 23.4 Å². The molecule has 0 saturated carbocycles. The van der Waals surface area contributed by atoms with Gasteiger partial charge in [0.2, 0.25) is 11.9 Å². The third-order valence-corrected chi connectivity index (χ3v) is 5.81. The van der Waals surface area contributed by atoms with Crippen molar-refractivity contribution in [1.29, 1.82) is 0 Å². The molecule has 8 heteroatoms. The zero-order valence-corrected chi connectivity index (χ0v) is 20.2. The maximum atomic E-state index is 13.0. The van der Waals surface area contributed by atoms with Gasteiger partial charge < -0.3 is 9.64 Å². The first-order valence-corrected chi connectivity index (χ1v) is 11.5. The molecule has 0 bridgehead atoms. The Bertz CT molecular complexity index is 1320. The predicted octanol–water partition coefficient (Wildman–Crippen LogP) is 5.30. The number of likely N-dealkylation sites (N-methyl/N-ethyl adjacent to an activating group) is 1. The minimum absolute atomic E-state index is 0.139. The SMILES string of the molecule is CCN(CC(=O)Nc1nc(-c2ccc(OC)cc2)cn1-c1ccccc1)C(=O)c1ccccc1Cl. The number of halogens is 1. The molecule has 0 aliphatic carbocycles. The molecule has 0 fully saturated rings. The number of anilines is 1. The quantitative estimate of drug-likeness (QED) is 0.365. The van der Waals surface area contributed by atoms with Crippen molar-refractivity contribution in [2.75, 3.05) is 25.5 Å². The topological polar surface area (TPSA) is 76.5 Å². The standard InChI is InChI=1S/C27H25ClN4O3/c1-3-31(26(34)22-11-7-8-12-23(22)28)18-25(33)30-27-29-24(19-13-15-21(35-2)16-14-19)17-32(27)20-9-5-4-6-10-20/h4-17H,3,18H2,1-2H3,(H,29,30,33). The number of carbonyl (C=O) groups is 2. The lowest BCUT2D eigenvalue weighted by molar-refractivity contribution is -0.116. The molecular weight excluding hydrogens is 464 g/mol. The van der Waals surface area contributed by atoms with Gasteiger partial charge in [0.1, 0.15) is 12.3 Å². The summed E-state index contributed by atoms with van der Waals surface area (Å²) < 4.78 is 7.05. The minimum atomic E-state index is -0.365. The molecule has 0 aliphatic heterocycles. The van der Waals surface area contributed by atoms with Gasteiger partial charge >= 0.3 is 0 Å². The van der Waals surface area contributed by atoms with Crippen LogP contribution in [0.2, 0.25) is 5.02 Å². The number of imidazole rings is 1. The van der Waals surface area contributed by atoms with Gasteiger partial charge in [-0.1, -0.05) is 41.9 Å². The van der Waals surface area contributed by atoms with Crippen molar-refractivity contribution in [3.8, 4) is 22.7 Å². The molecule has 0 unspecified atom stereocenters. The van der Waals surface area contributed by atoms with Crippen LogP contribution in [0.15, 0.2) is 85.1 Å². The zero-order chi connectivity index (χ0) is 24.8. The minimum Gasteiger partial charge on any atom is -0.497 e. The highest BCUT2D eigenvalue weighted by atomic mass is 35.5. The summed E-state index contributed by atoms with van der Waals surface area (Å²) in [6.07, 6.45) is 1.86. The Morgan fingerprint density at radius 1 is 1.00 bits per heavy atom. The first kappa shape index (κ1) is 24.0. The van der Waals surface area contributed by atoms with E-state index in [4.69, 9.17) is 16.3 Å². The lowest BCUT2D eigenvalue weighted by Crippen LogP contribution is -2.38. The second kappa shape index (κ2) is 10.9. The molecule has 3 aromatic carbocycles. The number of hydrogen-bond acceptors (Lipinski definition) is 4. The highest BCUT2D eigenvalue weighted by Crippen LogP contribution is 2.26. The monoisotopic (exact) mass is 488 g/mol. The van der Waals surface area contributed by atoms with Gasteiger partial charge in [-0.2, -0.15) is 0 Å². The molecule has 1 N–H and O–H groups in total. The van der Waals surface area contributed by atoms with E-state index in [1.54, 1.807) is 31.4 Å². The van der Waals surface area contributed by atoms with Crippen LogP contribution in [0.25, 0.3) is 16.9 Å². The molecule has 0 aliphatic rings. The van der Waals surface area contributed by atoms with Gasteiger partial charge in [-0.15, -0.1) is 0 Å². The van der Waals surface area contributed by atoms with E-state index >= 15 is 0 Å². The smallest absolute Gasteiger partial charge is 0.255 e. The molecule has 1 aromatic heterocycles. The number of hydrogen-bond donors (Lipinski definition) is 1. The lowest BCUT2D eigenvalue weighted by Gasteiger charge is -2.21. The zero-order valence-electron chi connectivity index (χ0n) is 19.4. The van der Waals surface area contributed by atoms with Crippen LogP contribution in [0, 0.1) is 0 Å². The molecule has 4 aromatic rings. The van der Waals surface area contributed by atoms with E-state index in [0.29, 0.717) is 28.8 Å². The first-order chi connectivity index (χ1) is 17.0. The summed E-state index contributed by atoms with van der Waals surface area (Å²) in [4.78, 5) is 32.1. The highest BCUT2D eigenvalue weighted by molar-refractivity contribution is 6.33. The summed E-state index contributed by atoms with van der Waals surface area (Å²) in [5.41, 5.74) is 2.76. The molecule has 0 atom stereocenters. The van der Waals surface area contributed by atoms with Crippen LogP contribution < -0.4 is 10.1 Å². The summed E-state index contributed by atoms with van der Waals surface area (Å²) >= 11 is 6.19. The van der Waals surface area contributed by atoms with Gasteiger partial charge in [-0.3, -0.25) is 19.5 Å². The Hall–Kier alpha value is -4.10. The molecule has 0 spiro atoms. The molecule has 2 amide bonds. The third-order valence-electron chi connectivity index (χ3n) is 5.48. The number of nitrogens with one attached hydrogen (secondary N) is 1. The molecule has 178 valence electrons. The van der Waals surface area contributed by atoms with Crippen molar-refractivity contribution in [2.24, 2.45) is 0 Å². The molecule has 0 radical (unpaired) electrons. The maximum absolute atomic E-state index is 13.0. The van der Waals surface area contributed by atoms with E-state index in [1.807, 2.05) is 72.3 Å². The van der Waals surface area contributed by atoms with Crippen LogP contribution in [0.4, 0.5) is 5.95 Å². The molecule has 35 heavy (non-hydrogen) atoms. The summed E-state index contributed by atoms with van der Waals surface area (Å²) in [6.45, 7) is 2.02. The Morgan fingerprint density at radius 3 is 2.34 bits per heavy atom. The number of rotatable bonds is 8. The molecule has 0 saturated heterocycles. The fourth-order valence-corrected chi connectivity index (χ4v) is 3.84. The number of carbonyl (C=O) groups excluding carboxylic acids is 2. The number of ether oxygens (including phenoxy) is 1. The Kier molecular flexibility index (Phi) is 7.48. The van der Waals surface area contributed by atoms with E-state index < -0.39 is 0 Å². The van der Waals surface area contributed by atoms with Crippen molar-refractivity contribution < 1.29 is 14.3 Å². The van der Waals surface area contributed by atoms with Gasteiger partial charge in [0.25, 0.3) is 5.91 Å². The van der Waals surface area contributed by atoms with Crippen molar-refractivity contribution in [1.82, 2.24) is 14.5 Å². The molecule has 7 nitrogen and oxygen atoms in total. The van der Waals surface area contributed by atoms with Crippen molar-refractivity contribution in [3.63, 3.8) is 0 Å². The van der Waals surface area contributed by atoms with Crippen LogP contribution in [0.5, 0.6) is 5.75 Å². The second-order valence-corrected chi connectivity index (χ2v) is 8.14. The second-order valence-electron chi connectivity index (χ2n) is 7.73. The van der Waals surface area contributed by atoms with E-state index in [2.05, 4.69) is 10.3 Å². The first-order valence-electron chi connectivity index (χ1n) is 11.1. The molecule has 1 heterocycles. The van der Waals surface area contributed by atoms with Gasteiger partial charge in [-0.05, 0) is 55.5 Å². The van der Waals surface area contributed by atoms with Crippen molar-refractivity contribution in [2.45, 2.75) is 6.92 Å². The van der Waals surface area contributed by atoms with Crippen LogP contribution in [-0.2, 0) is 4.79 Å². The summed E-state index contributed by atoms with van der Waals surface area (Å²) in [5, 5.41) is 3.22. The van der Waals surface area contributed by atoms with Crippen LogP contribution in [-0.4, -0.2) is 46.5 Å². The van der Waals surface area contributed by atoms with Crippen LogP contribution >= 0.6 is 11.6 Å².